The Morgan fingerprint density at radius 1 is 0.274 bits per heavy atom. The molecule has 1 aromatic heterocycles. The van der Waals surface area contributed by atoms with E-state index in [2.05, 4.69) is 199 Å². The van der Waals surface area contributed by atoms with Crippen LogP contribution in [-0.2, 0) is 5.41 Å². The van der Waals surface area contributed by atoms with Gasteiger partial charge in [0.15, 0.2) is 17.5 Å². The summed E-state index contributed by atoms with van der Waals surface area (Å²) in [7, 11) is 0. The predicted molar refractivity (Wildman–Crippen MR) is 253 cm³/mol. The van der Waals surface area contributed by atoms with E-state index in [0.717, 1.165) is 33.5 Å². The molecule has 12 rings (SSSR count). The Morgan fingerprint density at radius 3 is 1.24 bits per heavy atom. The predicted octanol–water partition coefficient (Wildman–Crippen LogP) is 14.4. The molecule has 2 heterocycles. The van der Waals surface area contributed by atoms with Gasteiger partial charge in [0.05, 0.1) is 16.8 Å². The summed E-state index contributed by atoms with van der Waals surface area (Å²) in [5, 5.41) is 0. The summed E-state index contributed by atoms with van der Waals surface area (Å²) in [5.74, 6) is 1.91. The van der Waals surface area contributed by atoms with Gasteiger partial charge in [0, 0.05) is 22.4 Å². The van der Waals surface area contributed by atoms with Crippen LogP contribution in [0.1, 0.15) is 22.3 Å². The Kier molecular flexibility index (Phi) is 8.36. The summed E-state index contributed by atoms with van der Waals surface area (Å²) in [6, 6.07) is 82.3. The van der Waals surface area contributed by atoms with Crippen molar-refractivity contribution in [3.63, 3.8) is 0 Å². The van der Waals surface area contributed by atoms with Crippen molar-refractivity contribution in [1.29, 1.82) is 0 Å². The summed E-state index contributed by atoms with van der Waals surface area (Å²) in [4.78, 5) is 17.6. The van der Waals surface area contributed by atoms with E-state index in [4.69, 9.17) is 15.0 Å². The van der Waals surface area contributed by atoms with Crippen molar-refractivity contribution in [2.75, 3.05) is 4.90 Å². The molecular weight excluding hydrogens is 753 g/mol. The number of benzene rings is 9. The molecule has 1 aliphatic heterocycles. The molecule has 0 radical (unpaired) electrons. The minimum absolute atomic E-state index is 0.519. The minimum Gasteiger partial charge on any atom is -0.310 e. The van der Waals surface area contributed by atoms with Gasteiger partial charge in [-0.05, 0) is 79.9 Å². The van der Waals surface area contributed by atoms with Crippen LogP contribution in [-0.4, -0.2) is 15.0 Å². The van der Waals surface area contributed by atoms with Crippen LogP contribution < -0.4 is 4.90 Å². The molecule has 62 heavy (non-hydrogen) atoms. The van der Waals surface area contributed by atoms with E-state index in [1.165, 1.54) is 55.9 Å². The van der Waals surface area contributed by atoms with Crippen LogP contribution in [0.15, 0.2) is 231 Å². The van der Waals surface area contributed by atoms with E-state index in [0.29, 0.717) is 17.5 Å². The fraction of sp³-hybridized carbons (Fsp3) is 0.0172. The lowest BCUT2D eigenvalue weighted by Gasteiger charge is -2.45. The molecule has 4 nitrogen and oxygen atoms in total. The number of hydrogen-bond donors (Lipinski definition) is 0. The van der Waals surface area contributed by atoms with Gasteiger partial charge in [-0.15, -0.1) is 0 Å². The maximum Gasteiger partial charge on any atom is 0.164 e. The third-order valence-electron chi connectivity index (χ3n) is 12.6. The molecule has 0 bridgehead atoms. The standard InChI is InChI=1S/C58H38N4/c1-4-17-39(18-5-1)40-31-35-43(36-32-40)56-59-55(42-19-6-2-7-20-42)60-57(61-56)44-37-33-41(34-38-44)46-24-16-28-51-54(46)47-23-10-11-25-48(47)58(51)49-26-12-14-29-52(49)62(45-21-8-3-9-22-45)53-30-15-13-27-50(53)58/h1-38H. The van der Waals surface area contributed by atoms with Gasteiger partial charge in [-0.2, -0.15) is 0 Å². The lowest BCUT2D eigenvalue weighted by Crippen LogP contribution is -2.36. The second-order valence-corrected chi connectivity index (χ2v) is 15.9. The van der Waals surface area contributed by atoms with Gasteiger partial charge >= 0.3 is 0 Å². The summed E-state index contributed by atoms with van der Waals surface area (Å²) < 4.78 is 0. The summed E-state index contributed by atoms with van der Waals surface area (Å²) in [6.45, 7) is 0. The van der Waals surface area contributed by atoms with Crippen LogP contribution in [0.4, 0.5) is 17.1 Å². The van der Waals surface area contributed by atoms with Crippen LogP contribution >= 0.6 is 0 Å². The molecule has 0 saturated heterocycles. The zero-order valence-corrected chi connectivity index (χ0v) is 33.7. The second kappa shape index (κ2) is 14.5. The third kappa shape index (κ3) is 5.58. The average Bonchev–Trinajstić information content (AvgIpc) is 3.66. The highest BCUT2D eigenvalue weighted by Crippen LogP contribution is 2.64. The molecule has 0 unspecified atom stereocenters. The largest absolute Gasteiger partial charge is 0.310 e. The average molecular weight is 791 g/mol. The molecule has 0 fully saturated rings. The number of anilines is 3. The van der Waals surface area contributed by atoms with Crippen molar-refractivity contribution in [2.24, 2.45) is 0 Å². The first-order valence-corrected chi connectivity index (χ1v) is 21.1. The molecule has 0 N–H and O–H groups in total. The van der Waals surface area contributed by atoms with Crippen LogP contribution in [0, 0.1) is 0 Å². The van der Waals surface area contributed by atoms with Crippen molar-refractivity contribution >= 4 is 17.1 Å². The molecule has 2 aliphatic rings. The smallest absolute Gasteiger partial charge is 0.164 e. The normalized spacial score (nSPS) is 12.9. The minimum atomic E-state index is -0.519. The summed E-state index contributed by atoms with van der Waals surface area (Å²) in [5.41, 5.74) is 18.1. The van der Waals surface area contributed by atoms with E-state index >= 15 is 0 Å². The molecule has 1 aliphatic carbocycles. The molecule has 290 valence electrons. The zero-order chi connectivity index (χ0) is 41.0. The van der Waals surface area contributed by atoms with Gasteiger partial charge in [0.25, 0.3) is 0 Å². The number of hydrogen-bond acceptors (Lipinski definition) is 4. The van der Waals surface area contributed by atoms with Crippen molar-refractivity contribution in [3.05, 3.63) is 253 Å². The Hall–Kier alpha value is -8.21. The van der Waals surface area contributed by atoms with E-state index in [-0.39, 0.29) is 0 Å². The highest BCUT2D eigenvalue weighted by atomic mass is 15.2. The molecule has 1 spiro atoms. The van der Waals surface area contributed by atoms with Gasteiger partial charge in [-0.1, -0.05) is 206 Å². The van der Waals surface area contributed by atoms with Gasteiger partial charge in [-0.3, -0.25) is 0 Å². The number of rotatable bonds is 6. The van der Waals surface area contributed by atoms with Crippen LogP contribution in [0.2, 0.25) is 0 Å². The Morgan fingerprint density at radius 2 is 0.661 bits per heavy atom. The van der Waals surface area contributed by atoms with Crippen LogP contribution in [0.25, 0.3) is 67.5 Å². The van der Waals surface area contributed by atoms with Crippen molar-refractivity contribution in [3.8, 4) is 67.5 Å². The maximum absolute atomic E-state index is 5.09. The van der Waals surface area contributed by atoms with Gasteiger partial charge in [-0.25, -0.2) is 15.0 Å². The molecule has 4 heteroatoms. The first kappa shape index (κ1) is 35.7. The number of nitrogens with zero attached hydrogens (tertiary/aromatic N) is 4. The topological polar surface area (TPSA) is 41.9 Å². The molecule has 9 aromatic carbocycles. The van der Waals surface area contributed by atoms with E-state index in [9.17, 15) is 0 Å². The monoisotopic (exact) mass is 790 g/mol. The number of aromatic nitrogens is 3. The summed E-state index contributed by atoms with van der Waals surface area (Å²) >= 11 is 0. The Bertz CT molecular complexity index is 3220. The number of para-hydroxylation sites is 3. The quantitative estimate of drug-likeness (QED) is 0.168. The van der Waals surface area contributed by atoms with Crippen molar-refractivity contribution < 1.29 is 0 Å². The van der Waals surface area contributed by atoms with E-state index in [1.807, 2.05) is 36.4 Å². The fourth-order valence-electron chi connectivity index (χ4n) is 9.84. The SMILES string of the molecule is c1ccc(-c2ccc(-c3nc(-c4ccccc4)nc(-c4ccc(-c5cccc6c5-c5ccccc5C65c6ccccc6N(c6ccccc6)c6ccccc65)cc4)n3)cc2)cc1. The lowest BCUT2D eigenvalue weighted by molar-refractivity contribution is 0.753. The molecule has 0 atom stereocenters. The molecule has 0 saturated carbocycles. The molecule has 10 aromatic rings. The van der Waals surface area contributed by atoms with Gasteiger partial charge in [0.2, 0.25) is 0 Å². The Balaban J connectivity index is 0.989. The van der Waals surface area contributed by atoms with E-state index < -0.39 is 5.41 Å². The van der Waals surface area contributed by atoms with Crippen molar-refractivity contribution in [2.45, 2.75) is 5.41 Å². The number of fused-ring (bicyclic) bond motifs is 9. The highest BCUT2D eigenvalue weighted by Gasteiger charge is 2.52. The molecular formula is C58H38N4. The van der Waals surface area contributed by atoms with Gasteiger partial charge < -0.3 is 4.90 Å². The Labute approximate surface area is 361 Å². The fourth-order valence-corrected chi connectivity index (χ4v) is 9.84. The van der Waals surface area contributed by atoms with E-state index in [1.54, 1.807) is 0 Å². The summed E-state index contributed by atoms with van der Waals surface area (Å²) in [6.07, 6.45) is 0. The second-order valence-electron chi connectivity index (χ2n) is 15.9. The molecule has 0 amide bonds. The first-order valence-electron chi connectivity index (χ1n) is 21.1. The van der Waals surface area contributed by atoms with Crippen LogP contribution in [0.3, 0.4) is 0 Å². The lowest BCUT2D eigenvalue weighted by atomic mass is 9.64. The van der Waals surface area contributed by atoms with Crippen molar-refractivity contribution in [1.82, 2.24) is 15.0 Å². The zero-order valence-electron chi connectivity index (χ0n) is 33.7. The van der Waals surface area contributed by atoms with Crippen LogP contribution in [0.5, 0.6) is 0 Å². The third-order valence-corrected chi connectivity index (χ3v) is 12.6. The first-order chi connectivity index (χ1) is 30.8. The maximum atomic E-state index is 5.09. The highest BCUT2D eigenvalue weighted by molar-refractivity contribution is 6.00. The van der Waals surface area contributed by atoms with Gasteiger partial charge in [0.1, 0.15) is 0 Å².